The molecule has 0 amide bonds. The number of pyridine rings is 2. The number of hydrogen-bond acceptors (Lipinski definition) is 4. The highest BCUT2D eigenvalue weighted by molar-refractivity contribution is 5.98. The van der Waals surface area contributed by atoms with Gasteiger partial charge in [-0.3, -0.25) is 4.79 Å². The number of anilines is 1. The molecule has 3 aliphatic carbocycles. The molecule has 0 radical (unpaired) electrons. The second kappa shape index (κ2) is 7.05. The molecule has 0 saturated heterocycles. The van der Waals surface area contributed by atoms with Crippen molar-refractivity contribution in [2.24, 2.45) is 24.8 Å². The summed E-state index contributed by atoms with van der Waals surface area (Å²) in [5.74, 6) is -0.308. The van der Waals surface area contributed by atoms with Crippen molar-refractivity contribution in [1.29, 1.82) is 0 Å². The first-order valence-corrected chi connectivity index (χ1v) is 11.1. The summed E-state index contributed by atoms with van der Waals surface area (Å²) in [6.45, 7) is 0. The van der Waals surface area contributed by atoms with E-state index in [1.54, 1.807) is 6.20 Å². The second-order valence-corrected chi connectivity index (χ2v) is 9.18. The number of nitrogens with one attached hydrogen (secondary N) is 2. The van der Waals surface area contributed by atoms with Gasteiger partial charge in [0.15, 0.2) is 0 Å². The van der Waals surface area contributed by atoms with Gasteiger partial charge in [0.05, 0.1) is 23.3 Å². The average Bonchev–Trinajstić information content (AvgIpc) is 3.37. The van der Waals surface area contributed by atoms with E-state index >= 15 is 0 Å². The van der Waals surface area contributed by atoms with Crippen molar-refractivity contribution >= 4 is 33.7 Å². The fourth-order valence-corrected chi connectivity index (χ4v) is 5.87. The van der Waals surface area contributed by atoms with E-state index in [1.165, 1.54) is 12.3 Å². The van der Waals surface area contributed by atoms with Crippen LogP contribution in [0.3, 0.4) is 0 Å². The standard InChI is InChI=1S/C24H24FN5O2/c1-30-7-6-15-19(30)9-18(17-11-27-22-16(17)8-14(25)10-26-22)28-23(15)29-21-13-4-2-12(3-5-13)20(21)24(31)32/h6-13,20-21H,2-5H2,1H3,(H,26,27)(H,28,29)(H,31,32). The Morgan fingerprint density at radius 3 is 2.78 bits per heavy atom. The lowest BCUT2D eigenvalue weighted by Crippen LogP contribution is -2.51. The molecule has 2 bridgehead atoms. The van der Waals surface area contributed by atoms with Crippen LogP contribution in [-0.4, -0.2) is 36.6 Å². The van der Waals surface area contributed by atoms with Crippen molar-refractivity contribution in [3.63, 3.8) is 0 Å². The maximum absolute atomic E-state index is 13.9. The topological polar surface area (TPSA) is 95.8 Å². The highest BCUT2D eigenvalue weighted by Crippen LogP contribution is 2.47. The molecule has 3 fully saturated rings. The molecule has 164 valence electrons. The molecule has 3 N–H and O–H groups in total. The Bertz CT molecular complexity index is 1350. The first-order chi connectivity index (χ1) is 15.5. The molecule has 2 atom stereocenters. The van der Waals surface area contributed by atoms with Gasteiger partial charge in [-0.1, -0.05) is 0 Å². The number of hydrogen-bond donors (Lipinski definition) is 3. The van der Waals surface area contributed by atoms with Gasteiger partial charge in [0.25, 0.3) is 0 Å². The van der Waals surface area contributed by atoms with Crippen molar-refractivity contribution in [3.05, 3.63) is 42.6 Å². The molecule has 32 heavy (non-hydrogen) atoms. The lowest BCUT2D eigenvalue weighted by atomic mass is 9.61. The second-order valence-electron chi connectivity index (χ2n) is 9.18. The monoisotopic (exact) mass is 433 g/mol. The molecule has 3 aliphatic rings. The van der Waals surface area contributed by atoms with Gasteiger partial charge in [0, 0.05) is 41.8 Å². The van der Waals surface area contributed by atoms with Gasteiger partial charge >= 0.3 is 5.97 Å². The molecule has 8 heteroatoms. The Morgan fingerprint density at radius 2 is 2.00 bits per heavy atom. The summed E-state index contributed by atoms with van der Waals surface area (Å²) in [6, 6.07) is 5.30. The summed E-state index contributed by atoms with van der Waals surface area (Å²) in [4.78, 5) is 24.3. The molecule has 0 aliphatic heterocycles. The molecule has 0 aromatic carbocycles. The Labute approximate surface area is 183 Å². The van der Waals surface area contributed by atoms with Crippen LogP contribution in [0.1, 0.15) is 25.7 Å². The molecule has 0 spiro atoms. The maximum Gasteiger partial charge on any atom is 0.308 e. The normalized spacial score (nSPS) is 24.9. The number of carboxylic acid groups (broad SMARTS) is 1. The van der Waals surface area contributed by atoms with E-state index in [-0.39, 0.29) is 12.0 Å². The number of halogens is 1. The minimum atomic E-state index is -0.726. The SMILES string of the molecule is Cn1ccc2c(NC3C4CCC(CC4)C3C(=O)O)nc(-c3c[nH]c4ncc(F)cc34)cc21. The van der Waals surface area contributed by atoms with Crippen LogP contribution in [0, 0.1) is 23.6 Å². The summed E-state index contributed by atoms with van der Waals surface area (Å²) < 4.78 is 15.9. The quantitative estimate of drug-likeness (QED) is 0.439. The van der Waals surface area contributed by atoms with Gasteiger partial charge in [-0.05, 0) is 55.7 Å². The lowest BCUT2D eigenvalue weighted by molar-refractivity contribution is -0.148. The molecule has 7 rings (SSSR count). The molecule has 4 aromatic rings. The van der Waals surface area contributed by atoms with Gasteiger partial charge in [-0.2, -0.15) is 0 Å². The largest absolute Gasteiger partial charge is 0.481 e. The Kier molecular flexibility index (Phi) is 4.25. The molecular weight excluding hydrogens is 409 g/mol. The van der Waals surface area contributed by atoms with E-state index < -0.39 is 17.7 Å². The van der Waals surface area contributed by atoms with Gasteiger partial charge in [0.1, 0.15) is 17.3 Å². The highest BCUT2D eigenvalue weighted by atomic mass is 19.1. The van der Waals surface area contributed by atoms with Crippen LogP contribution >= 0.6 is 0 Å². The van der Waals surface area contributed by atoms with E-state index in [1.807, 2.05) is 29.9 Å². The third kappa shape index (κ3) is 2.89. The Hall–Kier alpha value is -3.42. The zero-order valence-corrected chi connectivity index (χ0v) is 17.7. The van der Waals surface area contributed by atoms with E-state index in [2.05, 4.69) is 15.3 Å². The summed E-state index contributed by atoms with van der Waals surface area (Å²) in [7, 11) is 1.97. The van der Waals surface area contributed by atoms with Crippen LogP contribution in [-0.2, 0) is 11.8 Å². The number of H-pyrrole nitrogens is 1. The maximum atomic E-state index is 13.9. The zero-order valence-electron chi connectivity index (χ0n) is 17.7. The van der Waals surface area contributed by atoms with E-state index in [4.69, 9.17) is 4.98 Å². The third-order valence-corrected chi connectivity index (χ3v) is 7.46. The van der Waals surface area contributed by atoms with Crippen molar-refractivity contribution in [1.82, 2.24) is 19.5 Å². The van der Waals surface area contributed by atoms with Crippen LogP contribution in [0.4, 0.5) is 10.2 Å². The Morgan fingerprint density at radius 1 is 1.22 bits per heavy atom. The molecule has 4 heterocycles. The number of aliphatic carboxylic acids is 1. The number of carbonyl (C=O) groups is 1. The number of carboxylic acids is 1. The summed E-state index contributed by atoms with van der Waals surface area (Å²) in [6.07, 6.45) is 9.03. The van der Waals surface area contributed by atoms with Crippen molar-refractivity contribution < 1.29 is 14.3 Å². The van der Waals surface area contributed by atoms with E-state index in [0.29, 0.717) is 28.5 Å². The molecule has 7 nitrogen and oxygen atoms in total. The number of aromatic nitrogens is 4. The van der Waals surface area contributed by atoms with Crippen LogP contribution in [0.5, 0.6) is 0 Å². The summed E-state index contributed by atoms with van der Waals surface area (Å²) >= 11 is 0. The van der Waals surface area contributed by atoms with Crippen LogP contribution in [0.25, 0.3) is 33.2 Å². The molecule has 2 unspecified atom stereocenters. The fourth-order valence-electron chi connectivity index (χ4n) is 5.87. The summed E-state index contributed by atoms with van der Waals surface area (Å²) in [5, 5.41) is 15.1. The van der Waals surface area contributed by atoms with Gasteiger partial charge in [-0.15, -0.1) is 0 Å². The number of rotatable bonds is 4. The average molecular weight is 433 g/mol. The van der Waals surface area contributed by atoms with Gasteiger partial charge in [0.2, 0.25) is 0 Å². The van der Waals surface area contributed by atoms with E-state index in [0.717, 1.165) is 42.1 Å². The minimum Gasteiger partial charge on any atom is -0.481 e. The van der Waals surface area contributed by atoms with Crippen molar-refractivity contribution in [2.45, 2.75) is 31.7 Å². The van der Waals surface area contributed by atoms with Gasteiger partial charge < -0.3 is 20.0 Å². The number of aromatic amines is 1. The summed E-state index contributed by atoms with van der Waals surface area (Å²) in [5.41, 5.74) is 3.02. The first-order valence-electron chi connectivity index (χ1n) is 11.1. The zero-order chi connectivity index (χ0) is 22.0. The van der Waals surface area contributed by atoms with Crippen LogP contribution < -0.4 is 5.32 Å². The van der Waals surface area contributed by atoms with Gasteiger partial charge in [-0.25, -0.2) is 14.4 Å². The lowest BCUT2D eigenvalue weighted by Gasteiger charge is -2.47. The number of aryl methyl sites for hydroxylation is 1. The highest BCUT2D eigenvalue weighted by Gasteiger charge is 2.47. The minimum absolute atomic E-state index is 0.145. The Balaban J connectivity index is 1.48. The molecule has 3 saturated carbocycles. The van der Waals surface area contributed by atoms with Crippen molar-refractivity contribution in [3.8, 4) is 11.3 Å². The molecule has 4 aromatic heterocycles. The van der Waals surface area contributed by atoms with E-state index in [9.17, 15) is 14.3 Å². The van der Waals surface area contributed by atoms with Crippen LogP contribution in [0.2, 0.25) is 0 Å². The number of nitrogens with zero attached hydrogens (tertiary/aromatic N) is 3. The predicted octanol–water partition coefficient (Wildman–Crippen LogP) is 4.56. The molecular formula is C24H24FN5O2. The van der Waals surface area contributed by atoms with Crippen molar-refractivity contribution in [2.75, 3.05) is 5.32 Å². The third-order valence-electron chi connectivity index (χ3n) is 7.46. The van der Waals surface area contributed by atoms with Crippen LogP contribution in [0.15, 0.2) is 36.8 Å². The first kappa shape index (κ1) is 19.3. The smallest absolute Gasteiger partial charge is 0.308 e. The number of fused-ring (bicyclic) bond motifs is 5. The fraction of sp³-hybridized carbons (Fsp3) is 0.375. The predicted molar refractivity (Wildman–Crippen MR) is 120 cm³/mol.